The molecule has 2 rings (SSSR count). The van der Waals surface area contributed by atoms with Crippen molar-refractivity contribution in [3.05, 3.63) is 29.3 Å². The van der Waals surface area contributed by atoms with Gasteiger partial charge in [0.05, 0.1) is 6.54 Å². The highest BCUT2D eigenvalue weighted by Crippen LogP contribution is 2.22. The lowest BCUT2D eigenvalue weighted by Gasteiger charge is -2.44. The molecule has 0 radical (unpaired) electrons. The predicted molar refractivity (Wildman–Crippen MR) is 90.7 cm³/mol. The summed E-state index contributed by atoms with van der Waals surface area (Å²) in [6.45, 7) is 6.55. The zero-order valence-corrected chi connectivity index (χ0v) is 14.0. The van der Waals surface area contributed by atoms with E-state index in [0.29, 0.717) is 10.1 Å². The molecule has 1 atom stereocenters. The molecule has 1 aromatic carbocycles. The Morgan fingerprint density at radius 2 is 2.10 bits per heavy atom. The number of halogens is 1. The zero-order valence-electron chi connectivity index (χ0n) is 12.4. The summed E-state index contributed by atoms with van der Waals surface area (Å²) < 4.78 is 0. The highest BCUT2D eigenvalue weighted by Gasteiger charge is 2.33. The highest BCUT2D eigenvalue weighted by atomic mass is 35.5. The van der Waals surface area contributed by atoms with E-state index in [1.807, 2.05) is 4.90 Å². The first-order chi connectivity index (χ1) is 9.77. The van der Waals surface area contributed by atoms with Gasteiger partial charge in [-0.25, -0.2) is 0 Å². The molecular formula is C15H20ClN3OS. The van der Waals surface area contributed by atoms with Gasteiger partial charge in [-0.15, -0.1) is 0 Å². The second-order valence-corrected chi connectivity index (χ2v) is 6.87. The molecule has 21 heavy (non-hydrogen) atoms. The van der Waals surface area contributed by atoms with E-state index in [1.165, 1.54) is 0 Å². The lowest BCUT2D eigenvalue weighted by atomic mass is 9.93. The summed E-state index contributed by atoms with van der Waals surface area (Å²) in [5.74, 6) is -0.0898. The molecule has 1 fully saturated rings. The molecule has 1 aliphatic heterocycles. The number of thiocarbonyl (C=S) groups is 1. The second kappa shape index (κ2) is 6.20. The van der Waals surface area contributed by atoms with Crippen molar-refractivity contribution < 1.29 is 4.79 Å². The molecule has 0 aliphatic carbocycles. The molecule has 1 heterocycles. The van der Waals surface area contributed by atoms with E-state index < -0.39 is 0 Å². The van der Waals surface area contributed by atoms with Gasteiger partial charge in [0.25, 0.3) is 0 Å². The van der Waals surface area contributed by atoms with Crippen molar-refractivity contribution in [2.75, 3.05) is 11.9 Å². The van der Waals surface area contributed by atoms with Crippen LogP contribution in [0.3, 0.4) is 0 Å². The van der Waals surface area contributed by atoms with Crippen LogP contribution < -0.4 is 10.6 Å². The van der Waals surface area contributed by atoms with E-state index in [9.17, 15) is 4.79 Å². The normalized spacial score (nSPS) is 20.9. The third-order valence-electron chi connectivity index (χ3n) is 3.49. The maximum absolute atomic E-state index is 12.1. The standard InChI is InChI=1S/C15H20ClN3OS/c1-10-8-15(2,3)18-14(21)19(10)9-13(20)17-12-6-4-11(16)5-7-12/h4-7,10H,8-9H2,1-3H3,(H,17,20)(H,18,21)/t10-/m0/s1. The molecule has 0 spiro atoms. The summed E-state index contributed by atoms with van der Waals surface area (Å²) in [5, 5.41) is 7.40. The fraction of sp³-hybridized carbons (Fsp3) is 0.467. The van der Waals surface area contributed by atoms with Crippen molar-refractivity contribution in [1.82, 2.24) is 10.2 Å². The molecule has 0 aromatic heterocycles. The van der Waals surface area contributed by atoms with Crippen LogP contribution in [0.1, 0.15) is 27.2 Å². The molecule has 4 nitrogen and oxygen atoms in total. The largest absolute Gasteiger partial charge is 0.358 e. The number of carbonyl (C=O) groups excluding carboxylic acids is 1. The topological polar surface area (TPSA) is 44.4 Å². The number of hydrogen-bond donors (Lipinski definition) is 2. The number of hydrogen-bond acceptors (Lipinski definition) is 2. The maximum atomic E-state index is 12.1. The minimum absolute atomic E-state index is 0.0281. The molecule has 6 heteroatoms. The van der Waals surface area contributed by atoms with Crippen LogP contribution in [0.5, 0.6) is 0 Å². The van der Waals surface area contributed by atoms with Crippen molar-refractivity contribution in [1.29, 1.82) is 0 Å². The first-order valence-electron chi connectivity index (χ1n) is 6.91. The summed E-state index contributed by atoms with van der Waals surface area (Å²) in [6, 6.07) is 7.27. The van der Waals surface area contributed by atoms with Gasteiger partial charge in [0.15, 0.2) is 5.11 Å². The van der Waals surface area contributed by atoms with Gasteiger partial charge in [0.1, 0.15) is 0 Å². The smallest absolute Gasteiger partial charge is 0.243 e. The van der Waals surface area contributed by atoms with Crippen LogP contribution in [0.4, 0.5) is 5.69 Å². The Labute approximate surface area is 135 Å². The maximum Gasteiger partial charge on any atom is 0.243 e. The number of nitrogens with zero attached hydrogens (tertiary/aromatic N) is 1. The van der Waals surface area contributed by atoms with Gasteiger partial charge >= 0.3 is 0 Å². The summed E-state index contributed by atoms with van der Waals surface area (Å²) >= 11 is 11.2. The third kappa shape index (κ3) is 4.32. The van der Waals surface area contributed by atoms with Crippen LogP contribution in [0.2, 0.25) is 5.02 Å². The van der Waals surface area contributed by atoms with Gasteiger partial charge in [-0.2, -0.15) is 0 Å². The molecule has 1 aromatic rings. The van der Waals surface area contributed by atoms with E-state index in [0.717, 1.165) is 12.1 Å². The van der Waals surface area contributed by atoms with Gasteiger partial charge in [-0.05, 0) is 63.7 Å². The highest BCUT2D eigenvalue weighted by molar-refractivity contribution is 7.80. The summed E-state index contributed by atoms with van der Waals surface area (Å²) in [4.78, 5) is 14.1. The van der Waals surface area contributed by atoms with Crippen molar-refractivity contribution >= 4 is 40.5 Å². The van der Waals surface area contributed by atoms with Gasteiger partial charge in [-0.1, -0.05) is 11.6 Å². The monoisotopic (exact) mass is 325 g/mol. The van der Waals surface area contributed by atoms with E-state index in [-0.39, 0.29) is 24.0 Å². The van der Waals surface area contributed by atoms with Gasteiger partial charge in [-0.3, -0.25) is 4.79 Å². The third-order valence-corrected chi connectivity index (χ3v) is 4.07. The SMILES string of the molecule is C[C@H]1CC(C)(C)NC(=S)N1CC(=O)Nc1ccc(Cl)cc1. The van der Waals surface area contributed by atoms with Crippen LogP contribution >= 0.6 is 23.8 Å². The summed E-state index contributed by atoms with van der Waals surface area (Å²) in [5.41, 5.74) is 0.702. The quantitative estimate of drug-likeness (QED) is 0.838. The van der Waals surface area contributed by atoms with E-state index in [1.54, 1.807) is 24.3 Å². The first-order valence-corrected chi connectivity index (χ1v) is 7.70. The van der Waals surface area contributed by atoms with Crippen molar-refractivity contribution in [2.45, 2.75) is 38.8 Å². The van der Waals surface area contributed by atoms with Crippen molar-refractivity contribution in [3.63, 3.8) is 0 Å². The molecule has 1 aliphatic rings. The molecule has 114 valence electrons. The van der Waals surface area contributed by atoms with Crippen molar-refractivity contribution in [3.8, 4) is 0 Å². The van der Waals surface area contributed by atoms with Crippen LogP contribution in [0, 0.1) is 0 Å². The summed E-state index contributed by atoms with van der Waals surface area (Å²) in [7, 11) is 0. The Bertz CT molecular complexity index is 544. The van der Waals surface area contributed by atoms with E-state index in [4.69, 9.17) is 23.8 Å². The van der Waals surface area contributed by atoms with E-state index in [2.05, 4.69) is 31.4 Å². The first kappa shape index (κ1) is 16.0. The molecule has 0 unspecified atom stereocenters. The Morgan fingerprint density at radius 3 is 2.67 bits per heavy atom. The Balaban J connectivity index is 1.96. The van der Waals surface area contributed by atoms with Crippen LogP contribution in [-0.4, -0.2) is 34.0 Å². The number of carbonyl (C=O) groups is 1. The average Bonchev–Trinajstić information content (AvgIpc) is 2.36. The number of anilines is 1. The molecule has 1 amide bonds. The zero-order chi connectivity index (χ0) is 15.6. The average molecular weight is 326 g/mol. The summed E-state index contributed by atoms with van der Waals surface area (Å²) in [6.07, 6.45) is 0.932. The Morgan fingerprint density at radius 1 is 1.48 bits per heavy atom. The predicted octanol–water partition coefficient (Wildman–Crippen LogP) is 3.03. The van der Waals surface area contributed by atoms with Crippen LogP contribution in [-0.2, 0) is 4.79 Å². The van der Waals surface area contributed by atoms with Gasteiger partial charge < -0.3 is 15.5 Å². The number of amides is 1. The number of rotatable bonds is 3. The van der Waals surface area contributed by atoms with Crippen LogP contribution in [0.15, 0.2) is 24.3 Å². The fourth-order valence-corrected chi connectivity index (χ4v) is 3.22. The Kier molecular flexibility index (Phi) is 4.74. The minimum Gasteiger partial charge on any atom is -0.358 e. The molecule has 2 N–H and O–H groups in total. The molecular weight excluding hydrogens is 306 g/mol. The molecule has 0 bridgehead atoms. The molecule has 1 saturated heterocycles. The number of benzene rings is 1. The lowest BCUT2D eigenvalue weighted by molar-refractivity contribution is -0.117. The fourth-order valence-electron chi connectivity index (χ4n) is 2.58. The minimum atomic E-state index is -0.0898. The lowest BCUT2D eigenvalue weighted by Crippen LogP contribution is -2.61. The van der Waals surface area contributed by atoms with Crippen molar-refractivity contribution in [2.24, 2.45) is 0 Å². The van der Waals surface area contributed by atoms with Gasteiger partial charge in [0.2, 0.25) is 5.91 Å². The molecule has 0 saturated carbocycles. The Hall–Kier alpha value is -1.33. The number of nitrogens with one attached hydrogen (secondary N) is 2. The van der Waals surface area contributed by atoms with Crippen LogP contribution in [0.25, 0.3) is 0 Å². The van der Waals surface area contributed by atoms with Gasteiger partial charge in [0, 0.05) is 22.3 Å². The van der Waals surface area contributed by atoms with E-state index >= 15 is 0 Å². The second-order valence-electron chi connectivity index (χ2n) is 6.05.